The van der Waals surface area contributed by atoms with E-state index in [1.54, 1.807) is 13.3 Å². The molecule has 2 N–H and O–H groups in total. The van der Waals surface area contributed by atoms with E-state index in [0.29, 0.717) is 11.3 Å². The molecular weight excluding hydrogens is 324 g/mol. The summed E-state index contributed by atoms with van der Waals surface area (Å²) in [5.74, 6) is 1.16. The molecule has 0 bridgehead atoms. The second-order valence-electron chi connectivity index (χ2n) is 7.07. The van der Waals surface area contributed by atoms with Gasteiger partial charge in [-0.2, -0.15) is 0 Å². The number of amides is 1. The molecule has 1 saturated carbocycles. The summed E-state index contributed by atoms with van der Waals surface area (Å²) in [4.78, 5) is 22.6. The predicted molar refractivity (Wildman–Crippen MR) is 92.1 cm³/mol. The number of fused-ring (bicyclic) bond motifs is 3. The highest BCUT2D eigenvalue weighted by atomic mass is 32.2. The zero-order valence-electron chi connectivity index (χ0n) is 14.0. The average molecular weight is 348 g/mol. The molecule has 24 heavy (non-hydrogen) atoms. The number of nitrogens with two attached hydrogens (primary N) is 1. The van der Waals surface area contributed by atoms with Crippen molar-refractivity contribution in [2.24, 2.45) is 5.73 Å². The van der Waals surface area contributed by atoms with Crippen molar-refractivity contribution >= 4 is 17.7 Å². The van der Waals surface area contributed by atoms with E-state index >= 15 is 0 Å². The Morgan fingerprint density at radius 1 is 1.29 bits per heavy atom. The molecule has 3 aliphatic rings. The number of nitrogens with zero attached hydrogens (tertiary/aromatic N) is 3. The van der Waals surface area contributed by atoms with E-state index in [2.05, 4.69) is 9.97 Å². The van der Waals surface area contributed by atoms with Gasteiger partial charge in [0.05, 0.1) is 5.56 Å². The Bertz CT molecular complexity index is 633. The van der Waals surface area contributed by atoms with Gasteiger partial charge in [-0.1, -0.05) is 0 Å². The van der Waals surface area contributed by atoms with Crippen LogP contribution in [0.2, 0.25) is 0 Å². The molecule has 1 amide bonds. The van der Waals surface area contributed by atoms with Gasteiger partial charge in [0.2, 0.25) is 11.8 Å². The Hall–Kier alpha value is -1.34. The summed E-state index contributed by atoms with van der Waals surface area (Å²) in [5.41, 5.74) is 7.11. The molecule has 0 spiro atoms. The number of likely N-dealkylation sites (tertiary alicyclic amines) is 1. The fraction of sp³-hybridized carbons (Fsp3) is 0.706. The zero-order valence-corrected chi connectivity index (χ0v) is 14.8. The predicted octanol–water partition coefficient (Wildman–Crippen LogP) is 1.94. The minimum atomic E-state index is 0.146. The van der Waals surface area contributed by atoms with Crippen LogP contribution >= 0.6 is 11.8 Å². The summed E-state index contributed by atoms with van der Waals surface area (Å²) in [6.07, 6.45) is 6.80. The molecule has 2 fully saturated rings. The molecule has 2 unspecified atom stereocenters. The molecular formula is C17H24N4O2S. The van der Waals surface area contributed by atoms with Crippen molar-refractivity contribution < 1.29 is 9.53 Å². The van der Waals surface area contributed by atoms with Crippen LogP contribution in [0.1, 0.15) is 50.5 Å². The smallest absolute Gasteiger partial charge is 0.221 e. The molecule has 7 heteroatoms. The third kappa shape index (κ3) is 2.99. The number of thioether (sulfide) groups is 1. The molecule has 2 aliphatic heterocycles. The Balaban J connectivity index is 1.56. The number of carbonyl (C=O) groups is 1. The Kier molecular flexibility index (Phi) is 4.39. The second-order valence-corrected chi connectivity index (χ2v) is 8.30. The standard InChI is InChI=1S/C17H24N4O2S/c1-10(22)21-7-6-14-13(8-21)15-16(19-9-20-17(15)24-14)23-12-4-2-11(18)3-5-12/h9,11-14H,2-8,18H2,1H3. The highest BCUT2D eigenvalue weighted by Crippen LogP contribution is 2.51. The second kappa shape index (κ2) is 6.52. The SMILES string of the molecule is CC(=O)N1CCC2Sc3ncnc(OC4CCC(N)CC4)c3C2C1. The van der Waals surface area contributed by atoms with Crippen LogP contribution in [0.3, 0.4) is 0 Å². The molecule has 130 valence electrons. The molecule has 2 atom stereocenters. The first-order valence-corrected chi connectivity index (χ1v) is 9.69. The van der Waals surface area contributed by atoms with Gasteiger partial charge >= 0.3 is 0 Å². The van der Waals surface area contributed by atoms with Gasteiger partial charge in [0.1, 0.15) is 17.5 Å². The lowest BCUT2D eigenvalue weighted by molar-refractivity contribution is -0.129. The Labute approximate surface area is 146 Å². The van der Waals surface area contributed by atoms with Gasteiger partial charge in [0.25, 0.3) is 0 Å². The van der Waals surface area contributed by atoms with E-state index in [1.165, 1.54) is 0 Å². The van der Waals surface area contributed by atoms with Crippen molar-refractivity contribution in [2.45, 2.75) is 67.4 Å². The van der Waals surface area contributed by atoms with Crippen LogP contribution in [0.25, 0.3) is 0 Å². The van der Waals surface area contributed by atoms with Crippen LogP contribution in [-0.4, -0.2) is 51.3 Å². The maximum Gasteiger partial charge on any atom is 0.221 e. The minimum Gasteiger partial charge on any atom is -0.474 e. The number of rotatable bonds is 2. The number of carbonyl (C=O) groups excluding carboxylic acids is 1. The van der Waals surface area contributed by atoms with E-state index in [0.717, 1.165) is 61.7 Å². The first-order chi connectivity index (χ1) is 11.6. The molecule has 0 aromatic carbocycles. The number of hydrogen-bond acceptors (Lipinski definition) is 6. The Morgan fingerprint density at radius 2 is 2.08 bits per heavy atom. The van der Waals surface area contributed by atoms with E-state index in [4.69, 9.17) is 10.5 Å². The van der Waals surface area contributed by atoms with Gasteiger partial charge in [0.15, 0.2) is 0 Å². The molecule has 6 nitrogen and oxygen atoms in total. The normalized spacial score (nSPS) is 32.2. The van der Waals surface area contributed by atoms with Crippen molar-refractivity contribution in [3.8, 4) is 5.88 Å². The molecule has 1 aliphatic carbocycles. The topological polar surface area (TPSA) is 81.3 Å². The quantitative estimate of drug-likeness (QED) is 0.823. The summed E-state index contributed by atoms with van der Waals surface area (Å²) in [7, 11) is 0. The van der Waals surface area contributed by atoms with Crippen molar-refractivity contribution in [3.63, 3.8) is 0 Å². The molecule has 1 aromatic rings. The summed E-state index contributed by atoms with van der Waals surface area (Å²) in [5, 5.41) is 1.52. The molecule has 4 rings (SSSR count). The van der Waals surface area contributed by atoms with Gasteiger partial charge in [-0.15, -0.1) is 11.8 Å². The molecule has 3 heterocycles. The lowest BCUT2D eigenvalue weighted by Crippen LogP contribution is -2.41. The highest BCUT2D eigenvalue weighted by molar-refractivity contribution is 8.00. The van der Waals surface area contributed by atoms with Gasteiger partial charge < -0.3 is 15.4 Å². The van der Waals surface area contributed by atoms with Crippen molar-refractivity contribution in [1.29, 1.82) is 0 Å². The van der Waals surface area contributed by atoms with Crippen LogP contribution in [0.5, 0.6) is 5.88 Å². The fourth-order valence-corrected chi connectivity index (χ4v) is 5.38. The third-order valence-electron chi connectivity index (χ3n) is 5.44. The van der Waals surface area contributed by atoms with Gasteiger partial charge in [-0.25, -0.2) is 9.97 Å². The van der Waals surface area contributed by atoms with E-state index in [1.807, 2.05) is 16.7 Å². The van der Waals surface area contributed by atoms with Gasteiger partial charge in [-0.05, 0) is 32.1 Å². The lowest BCUT2D eigenvalue weighted by Gasteiger charge is -2.34. The van der Waals surface area contributed by atoms with Crippen LogP contribution in [0.15, 0.2) is 11.4 Å². The average Bonchev–Trinajstić information content (AvgIpc) is 2.95. The summed E-state index contributed by atoms with van der Waals surface area (Å²) >= 11 is 1.82. The third-order valence-corrected chi connectivity index (χ3v) is 6.85. The van der Waals surface area contributed by atoms with Crippen LogP contribution in [-0.2, 0) is 4.79 Å². The molecule has 1 aromatic heterocycles. The summed E-state index contributed by atoms with van der Waals surface area (Å²) in [6.45, 7) is 3.23. The van der Waals surface area contributed by atoms with Crippen molar-refractivity contribution in [2.75, 3.05) is 13.1 Å². The highest BCUT2D eigenvalue weighted by Gasteiger charge is 2.42. The Morgan fingerprint density at radius 3 is 2.83 bits per heavy atom. The molecule has 0 radical (unpaired) electrons. The zero-order chi connectivity index (χ0) is 16.7. The summed E-state index contributed by atoms with van der Waals surface area (Å²) < 4.78 is 6.27. The van der Waals surface area contributed by atoms with E-state index in [9.17, 15) is 4.79 Å². The number of hydrogen-bond donors (Lipinski definition) is 1. The van der Waals surface area contributed by atoms with Crippen molar-refractivity contribution in [3.05, 3.63) is 11.9 Å². The van der Waals surface area contributed by atoms with Crippen LogP contribution < -0.4 is 10.5 Å². The largest absolute Gasteiger partial charge is 0.474 e. The maximum atomic E-state index is 11.8. The lowest BCUT2D eigenvalue weighted by atomic mass is 9.91. The summed E-state index contributed by atoms with van der Waals surface area (Å²) in [6, 6.07) is 0.309. The first-order valence-electron chi connectivity index (χ1n) is 8.81. The molecule has 1 saturated heterocycles. The van der Waals surface area contributed by atoms with Gasteiger partial charge in [-0.3, -0.25) is 4.79 Å². The van der Waals surface area contributed by atoms with E-state index in [-0.39, 0.29) is 17.9 Å². The fourth-order valence-electron chi connectivity index (χ4n) is 4.01. The number of aromatic nitrogens is 2. The first kappa shape index (κ1) is 16.1. The minimum absolute atomic E-state index is 0.146. The number of piperidine rings is 1. The van der Waals surface area contributed by atoms with E-state index < -0.39 is 0 Å². The van der Waals surface area contributed by atoms with Gasteiger partial charge in [0, 0.05) is 37.2 Å². The monoisotopic (exact) mass is 348 g/mol. The number of ether oxygens (including phenoxy) is 1. The maximum absolute atomic E-state index is 11.8. The van der Waals surface area contributed by atoms with Crippen LogP contribution in [0.4, 0.5) is 0 Å². The van der Waals surface area contributed by atoms with Crippen molar-refractivity contribution in [1.82, 2.24) is 14.9 Å². The van der Waals surface area contributed by atoms with Crippen LogP contribution in [0, 0.1) is 0 Å².